The largest absolute Gasteiger partial charge is 0.441 e. The number of carbonyl (C=O) groups is 1. The predicted octanol–water partition coefficient (Wildman–Crippen LogP) is 4.26. The first-order chi connectivity index (χ1) is 15.8. The summed E-state index contributed by atoms with van der Waals surface area (Å²) < 4.78 is 31.3. The molecule has 0 fully saturated rings. The molecule has 0 atom stereocenters. The van der Waals surface area contributed by atoms with E-state index in [1.807, 2.05) is 25.1 Å². The maximum absolute atomic E-state index is 12.8. The molecule has 0 aliphatic rings. The number of oxazole rings is 1. The van der Waals surface area contributed by atoms with E-state index in [2.05, 4.69) is 15.3 Å². The molecule has 8 heteroatoms. The van der Waals surface area contributed by atoms with Crippen molar-refractivity contribution in [3.63, 3.8) is 0 Å². The number of sulfone groups is 1. The minimum atomic E-state index is -3.55. The molecule has 4 aromatic rings. The van der Waals surface area contributed by atoms with Crippen molar-refractivity contribution in [2.45, 2.75) is 31.0 Å². The van der Waals surface area contributed by atoms with Gasteiger partial charge < -0.3 is 9.73 Å². The molecule has 0 bridgehead atoms. The molecule has 0 aliphatic heterocycles. The molecular formula is C25H23N3O4S. The molecule has 2 aromatic carbocycles. The maximum atomic E-state index is 12.8. The Kier molecular flexibility index (Phi) is 6.37. The Morgan fingerprint density at radius 3 is 2.52 bits per heavy atom. The van der Waals surface area contributed by atoms with Gasteiger partial charge in [-0.1, -0.05) is 18.2 Å². The van der Waals surface area contributed by atoms with Gasteiger partial charge >= 0.3 is 0 Å². The first kappa shape index (κ1) is 22.4. The van der Waals surface area contributed by atoms with E-state index in [-0.39, 0.29) is 16.6 Å². The smallest absolute Gasteiger partial charge is 0.251 e. The second-order valence-electron chi connectivity index (χ2n) is 7.72. The number of aromatic nitrogens is 2. The predicted molar refractivity (Wildman–Crippen MR) is 124 cm³/mol. The van der Waals surface area contributed by atoms with Gasteiger partial charge in [0, 0.05) is 30.1 Å². The summed E-state index contributed by atoms with van der Waals surface area (Å²) in [5, 5.41) is 2.85. The van der Waals surface area contributed by atoms with Gasteiger partial charge in [0.25, 0.3) is 5.91 Å². The molecule has 4 rings (SSSR count). The lowest BCUT2D eigenvalue weighted by Gasteiger charge is -2.05. The molecule has 2 aromatic heterocycles. The van der Waals surface area contributed by atoms with E-state index in [0.717, 1.165) is 11.1 Å². The zero-order chi connectivity index (χ0) is 23.4. The Balaban J connectivity index is 1.47. The van der Waals surface area contributed by atoms with Crippen molar-refractivity contribution in [3.05, 3.63) is 101 Å². The highest BCUT2D eigenvalue weighted by Gasteiger charge is 2.21. The molecule has 7 nitrogen and oxygen atoms in total. The Morgan fingerprint density at radius 2 is 1.82 bits per heavy atom. The molecule has 0 unspecified atom stereocenters. The fraction of sp³-hybridized carbons (Fsp3) is 0.160. The van der Waals surface area contributed by atoms with Crippen molar-refractivity contribution in [1.82, 2.24) is 15.3 Å². The monoisotopic (exact) mass is 461 g/mol. The number of carbonyl (C=O) groups excluding carboxylic acids is 1. The van der Waals surface area contributed by atoms with Gasteiger partial charge in [-0.05, 0) is 67.4 Å². The zero-order valence-electron chi connectivity index (χ0n) is 18.3. The highest BCUT2D eigenvalue weighted by molar-refractivity contribution is 7.90. The van der Waals surface area contributed by atoms with Crippen molar-refractivity contribution >= 4 is 15.7 Å². The van der Waals surface area contributed by atoms with Crippen LogP contribution in [-0.2, 0) is 22.1 Å². The topological polar surface area (TPSA) is 102 Å². The van der Waals surface area contributed by atoms with Gasteiger partial charge in [-0.3, -0.25) is 9.78 Å². The molecule has 2 heterocycles. The van der Waals surface area contributed by atoms with E-state index in [9.17, 15) is 13.2 Å². The van der Waals surface area contributed by atoms with Crippen LogP contribution < -0.4 is 5.32 Å². The standard InChI is InChI=1S/C25H23N3O4S/c1-17-5-3-7-22(13-17)33(30,31)16-23-18(2)32-25(28-23)21-10-8-20(9-11-21)24(29)27-15-19-6-4-12-26-14-19/h3-14H,15-16H2,1-2H3,(H,27,29). The van der Waals surface area contributed by atoms with Crippen LogP contribution in [-0.4, -0.2) is 24.3 Å². The van der Waals surface area contributed by atoms with Gasteiger partial charge in [0.05, 0.1) is 10.6 Å². The van der Waals surface area contributed by atoms with Gasteiger partial charge in [-0.2, -0.15) is 0 Å². The number of pyridine rings is 1. The average Bonchev–Trinajstić information content (AvgIpc) is 3.17. The number of nitrogens with zero attached hydrogens (tertiary/aromatic N) is 2. The molecule has 0 radical (unpaired) electrons. The number of hydrogen-bond donors (Lipinski definition) is 1. The molecule has 0 saturated carbocycles. The van der Waals surface area contributed by atoms with Crippen LogP contribution in [0.4, 0.5) is 0 Å². The summed E-state index contributed by atoms with van der Waals surface area (Å²) in [5.74, 6) is 0.295. The van der Waals surface area contributed by atoms with Crippen LogP contribution in [0.3, 0.4) is 0 Å². The van der Waals surface area contributed by atoms with Gasteiger partial charge in [0.15, 0.2) is 9.84 Å². The van der Waals surface area contributed by atoms with Crippen molar-refractivity contribution in [3.8, 4) is 11.5 Å². The number of nitrogens with one attached hydrogen (secondary N) is 1. The molecule has 33 heavy (non-hydrogen) atoms. The van der Waals surface area contributed by atoms with Gasteiger partial charge in [0.1, 0.15) is 11.5 Å². The van der Waals surface area contributed by atoms with Crippen molar-refractivity contribution < 1.29 is 17.6 Å². The third-order valence-corrected chi connectivity index (χ3v) is 6.76. The third kappa shape index (κ3) is 5.35. The quantitative estimate of drug-likeness (QED) is 0.441. The molecule has 0 saturated heterocycles. The summed E-state index contributed by atoms with van der Waals surface area (Å²) in [4.78, 5) is 21.1. The lowest BCUT2D eigenvalue weighted by atomic mass is 10.1. The Morgan fingerprint density at radius 1 is 1.03 bits per heavy atom. The van der Waals surface area contributed by atoms with Crippen molar-refractivity contribution in [1.29, 1.82) is 0 Å². The van der Waals surface area contributed by atoms with E-state index in [4.69, 9.17) is 4.42 Å². The van der Waals surface area contributed by atoms with E-state index < -0.39 is 9.84 Å². The molecule has 0 aliphatic carbocycles. The third-order valence-electron chi connectivity index (χ3n) is 5.14. The van der Waals surface area contributed by atoms with E-state index >= 15 is 0 Å². The van der Waals surface area contributed by atoms with Crippen LogP contribution in [0, 0.1) is 13.8 Å². The highest BCUT2D eigenvalue weighted by atomic mass is 32.2. The first-order valence-corrected chi connectivity index (χ1v) is 12.0. The van der Waals surface area contributed by atoms with Crippen LogP contribution in [0.5, 0.6) is 0 Å². The van der Waals surface area contributed by atoms with E-state index in [1.54, 1.807) is 61.8 Å². The second-order valence-corrected chi connectivity index (χ2v) is 9.71. The zero-order valence-corrected chi connectivity index (χ0v) is 19.1. The number of benzene rings is 2. The van der Waals surface area contributed by atoms with Crippen LogP contribution in [0.25, 0.3) is 11.5 Å². The normalized spacial score (nSPS) is 11.3. The molecule has 1 amide bonds. The summed E-state index contributed by atoms with van der Waals surface area (Å²) >= 11 is 0. The number of hydrogen-bond acceptors (Lipinski definition) is 6. The van der Waals surface area contributed by atoms with E-state index in [1.165, 1.54) is 0 Å². The minimum Gasteiger partial charge on any atom is -0.441 e. The highest BCUT2D eigenvalue weighted by Crippen LogP contribution is 2.25. The summed E-state index contributed by atoms with van der Waals surface area (Å²) in [6.45, 7) is 3.92. The van der Waals surface area contributed by atoms with Gasteiger partial charge in [-0.25, -0.2) is 13.4 Å². The SMILES string of the molecule is Cc1cccc(S(=O)(=O)Cc2nc(-c3ccc(C(=O)NCc4cccnc4)cc3)oc2C)c1. The summed E-state index contributed by atoms with van der Waals surface area (Å²) in [7, 11) is -3.55. The van der Waals surface area contributed by atoms with Crippen molar-refractivity contribution in [2.75, 3.05) is 0 Å². The summed E-state index contributed by atoms with van der Waals surface area (Å²) in [6.07, 6.45) is 3.38. The fourth-order valence-electron chi connectivity index (χ4n) is 3.31. The molecule has 1 N–H and O–H groups in total. The Hall–Kier alpha value is -3.78. The van der Waals surface area contributed by atoms with Gasteiger partial charge in [0.2, 0.25) is 5.89 Å². The van der Waals surface area contributed by atoms with Crippen LogP contribution in [0.2, 0.25) is 0 Å². The van der Waals surface area contributed by atoms with Crippen LogP contribution >= 0.6 is 0 Å². The fourth-order valence-corrected chi connectivity index (χ4v) is 4.75. The first-order valence-electron chi connectivity index (χ1n) is 10.3. The summed E-state index contributed by atoms with van der Waals surface area (Å²) in [5.41, 5.74) is 3.29. The number of aryl methyl sites for hydroxylation is 2. The lowest BCUT2D eigenvalue weighted by Crippen LogP contribution is -2.22. The summed E-state index contributed by atoms with van der Waals surface area (Å²) in [6, 6.07) is 17.3. The minimum absolute atomic E-state index is 0.209. The maximum Gasteiger partial charge on any atom is 0.251 e. The Bertz CT molecular complexity index is 1380. The lowest BCUT2D eigenvalue weighted by molar-refractivity contribution is 0.0951. The average molecular weight is 462 g/mol. The number of amides is 1. The van der Waals surface area contributed by atoms with Crippen LogP contribution in [0.1, 0.15) is 32.9 Å². The van der Waals surface area contributed by atoms with Crippen LogP contribution in [0.15, 0.2) is 82.4 Å². The van der Waals surface area contributed by atoms with E-state index in [0.29, 0.717) is 35.0 Å². The Labute approximate surface area is 192 Å². The second kappa shape index (κ2) is 9.38. The van der Waals surface area contributed by atoms with Gasteiger partial charge in [-0.15, -0.1) is 0 Å². The van der Waals surface area contributed by atoms with Crippen molar-refractivity contribution in [2.24, 2.45) is 0 Å². The number of rotatable bonds is 7. The molecule has 168 valence electrons. The molecule has 0 spiro atoms. The molecular weight excluding hydrogens is 438 g/mol.